The standard InChI is InChI=1S/C74H119N19O27S/c1-10-35(6)58(92-60(105)36(7)80-64(109)47(29-52(77)97)89-73(118)59(38(9)95)93-71(116)57(79)37(8)94)72(117)90-49(31-56(103)104)69(114)83-41(20-23-54(99)100)62(107)85-44(26-33(2)3)65(110)81-40(18-14-15-25-75)61(106)82-42(21-24-55(101)102)63(108)91-50(32-121)70(115)87-46(28-39-16-12-11-13-17-39)67(112)86-45(27-34(4)5)66(111)88-48(30-53(78)98)68(113)84-43(74(119)120)19-22-51(76)96/h11-13,16-17,33-38,40-50,57-59,94-95,121H,10,14-15,18-32,75,79H2,1-9H3,(H2,76,96)(H2,77,97)(H2,78,98)(H,80,109)(H,81,110)(H,82,106)(H,83,114)(H,84,113)(H,85,107)(H,86,112)(H,87,115)(H,88,111)(H,89,118)(H,90,117)(H,91,108)(H,92,105)(H,93,116)(H,99,100)(H,101,102)(H,103,104)(H,119,120)/t35-,36-,37+,38+,40-,41-,42-,43-,44-,45-,46-,47-,48-,49-,50-,57-,58-,59-/m0/s1. The van der Waals surface area contributed by atoms with E-state index < -0.39 is 308 Å². The van der Waals surface area contributed by atoms with Crippen LogP contribution < -0.4 is 103 Å². The molecule has 1 aromatic rings. The van der Waals surface area contributed by atoms with Gasteiger partial charge in [-0.15, -0.1) is 0 Å². The Labute approximate surface area is 702 Å². The molecule has 0 aliphatic rings. The number of aliphatic hydroxyl groups excluding tert-OH is 2. The third kappa shape index (κ3) is 41.2. The number of hydrogen-bond donors (Lipinski definition) is 26. The quantitative estimate of drug-likeness (QED) is 0.0213. The number of hydrogen-bond acceptors (Lipinski definition) is 26. The second kappa shape index (κ2) is 54.5. The van der Waals surface area contributed by atoms with E-state index in [1.54, 1.807) is 65.0 Å². The fourth-order valence-electron chi connectivity index (χ4n) is 11.4. The number of aliphatic hydroxyl groups is 2. The molecule has 1 aromatic carbocycles. The van der Waals surface area contributed by atoms with Gasteiger partial charge >= 0.3 is 23.9 Å². The summed E-state index contributed by atoms with van der Waals surface area (Å²) in [6.07, 6.45) is -10.7. The van der Waals surface area contributed by atoms with Crippen molar-refractivity contribution in [3.63, 3.8) is 0 Å². The van der Waals surface area contributed by atoms with Crippen molar-refractivity contribution in [2.24, 2.45) is 46.4 Å². The first-order valence-electron chi connectivity index (χ1n) is 38.9. The Kier molecular flexibility index (Phi) is 48.3. The Balaban J connectivity index is 3.72. The second-order valence-electron chi connectivity index (χ2n) is 29.8. The van der Waals surface area contributed by atoms with Gasteiger partial charge in [-0.25, -0.2) is 4.79 Å². The normalized spacial score (nSPS) is 15.6. The first kappa shape index (κ1) is 107. The number of nitrogens with one attached hydrogen (secondary N) is 14. The van der Waals surface area contributed by atoms with E-state index >= 15 is 0 Å². The van der Waals surface area contributed by atoms with Gasteiger partial charge < -0.3 is 134 Å². The predicted octanol–water partition coefficient (Wildman–Crippen LogP) is -8.37. The maximum absolute atomic E-state index is 14.6. The van der Waals surface area contributed by atoms with Crippen LogP contribution in [0.4, 0.5) is 0 Å². The molecule has 30 N–H and O–H groups in total. The zero-order chi connectivity index (χ0) is 92.4. The largest absolute Gasteiger partial charge is 0.481 e. The van der Waals surface area contributed by atoms with Gasteiger partial charge in [0, 0.05) is 31.4 Å². The fraction of sp³-hybridized carbons (Fsp3) is 0.635. The minimum atomic E-state index is -2.13. The third-order valence-corrected chi connectivity index (χ3v) is 18.7. The zero-order valence-electron chi connectivity index (χ0n) is 68.8. The van der Waals surface area contributed by atoms with Crippen LogP contribution in [0.1, 0.15) is 164 Å². The van der Waals surface area contributed by atoms with Crippen molar-refractivity contribution in [3.05, 3.63) is 35.9 Å². The fourth-order valence-corrected chi connectivity index (χ4v) is 11.7. The van der Waals surface area contributed by atoms with E-state index in [9.17, 15) is 131 Å². The maximum Gasteiger partial charge on any atom is 0.326 e. The molecule has 0 aromatic heterocycles. The van der Waals surface area contributed by atoms with Crippen molar-refractivity contribution in [1.82, 2.24) is 74.4 Å². The predicted molar refractivity (Wildman–Crippen MR) is 429 cm³/mol. The van der Waals surface area contributed by atoms with Crippen LogP contribution in [0.5, 0.6) is 0 Å². The summed E-state index contributed by atoms with van der Waals surface area (Å²) in [6, 6.07) is -18.2. The highest BCUT2D eigenvalue weighted by molar-refractivity contribution is 7.80. The van der Waals surface area contributed by atoms with Crippen molar-refractivity contribution < 1.29 is 131 Å². The van der Waals surface area contributed by atoms with Gasteiger partial charge in [0.2, 0.25) is 100 Å². The highest BCUT2D eigenvalue weighted by Crippen LogP contribution is 2.16. The molecule has 18 atom stereocenters. The number of benzene rings is 1. The van der Waals surface area contributed by atoms with Crippen molar-refractivity contribution in [1.29, 1.82) is 0 Å². The van der Waals surface area contributed by atoms with Gasteiger partial charge in [0.15, 0.2) is 0 Å². The molecule has 17 amide bonds. The zero-order valence-corrected chi connectivity index (χ0v) is 69.6. The number of amides is 17. The maximum atomic E-state index is 14.6. The van der Waals surface area contributed by atoms with Gasteiger partial charge in [0.25, 0.3) is 0 Å². The number of unbranched alkanes of at least 4 members (excludes halogenated alkanes) is 1. The van der Waals surface area contributed by atoms with Crippen LogP contribution in [0.15, 0.2) is 30.3 Å². The number of rotatable bonds is 59. The molecule has 0 heterocycles. The number of aliphatic carboxylic acids is 4. The molecule has 0 bridgehead atoms. The summed E-state index contributed by atoms with van der Waals surface area (Å²) >= 11 is 4.25. The van der Waals surface area contributed by atoms with Crippen LogP contribution in [-0.4, -0.2) is 270 Å². The molecule has 47 heteroatoms. The van der Waals surface area contributed by atoms with E-state index in [4.69, 9.17) is 28.7 Å². The lowest BCUT2D eigenvalue weighted by atomic mass is 9.97. The molecule has 678 valence electrons. The minimum absolute atomic E-state index is 0.0556. The number of carboxylic acids is 4. The Morgan fingerprint density at radius 1 is 0.364 bits per heavy atom. The lowest BCUT2D eigenvalue weighted by Crippen LogP contribution is -2.62. The van der Waals surface area contributed by atoms with E-state index in [2.05, 4.69) is 87.1 Å². The molecule has 0 radical (unpaired) electrons. The summed E-state index contributed by atoms with van der Waals surface area (Å²) in [5.41, 5.74) is 27.7. The Morgan fingerprint density at radius 3 is 1.12 bits per heavy atom. The lowest BCUT2D eigenvalue weighted by molar-refractivity contribution is -0.143. The van der Waals surface area contributed by atoms with Crippen LogP contribution in [-0.2, 0) is 107 Å². The minimum Gasteiger partial charge on any atom is -0.481 e. The second-order valence-corrected chi connectivity index (χ2v) is 30.2. The summed E-state index contributed by atoms with van der Waals surface area (Å²) < 4.78 is 0. The van der Waals surface area contributed by atoms with E-state index in [1.807, 2.05) is 0 Å². The lowest BCUT2D eigenvalue weighted by Gasteiger charge is -2.29. The van der Waals surface area contributed by atoms with Gasteiger partial charge in [-0.3, -0.25) is 95.9 Å². The third-order valence-electron chi connectivity index (χ3n) is 18.4. The topological polar surface area (TPSA) is 778 Å². The molecular formula is C74H119N19O27S. The number of carbonyl (C=O) groups excluding carboxylic acids is 17. The molecule has 0 unspecified atom stereocenters. The van der Waals surface area contributed by atoms with Gasteiger partial charge in [-0.1, -0.05) is 78.3 Å². The Morgan fingerprint density at radius 2 is 0.719 bits per heavy atom. The molecule has 0 fully saturated rings. The monoisotopic (exact) mass is 1740 g/mol. The molecule has 0 spiro atoms. The Hall–Kier alpha value is -11.7. The van der Waals surface area contributed by atoms with Crippen LogP contribution in [0, 0.1) is 17.8 Å². The molecular weight excluding hydrogens is 1620 g/mol. The van der Waals surface area contributed by atoms with Gasteiger partial charge in [0.05, 0.1) is 31.5 Å². The number of carboxylic acid groups (broad SMARTS) is 4. The average Bonchev–Trinajstić information content (AvgIpc) is 0.856. The summed E-state index contributed by atoms with van der Waals surface area (Å²) in [5, 5.41) is 91.8. The molecule has 121 heavy (non-hydrogen) atoms. The van der Waals surface area contributed by atoms with Gasteiger partial charge in [-0.2, -0.15) is 12.6 Å². The van der Waals surface area contributed by atoms with Crippen LogP contribution in [0.3, 0.4) is 0 Å². The van der Waals surface area contributed by atoms with E-state index in [0.717, 1.165) is 13.8 Å². The number of nitrogens with two attached hydrogens (primary N) is 5. The smallest absolute Gasteiger partial charge is 0.326 e. The highest BCUT2D eigenvalue weighted by Gasteiger charge is 2.41. The van der Waals surface area contributed by atoms with Crippen molar-refractivity contribution in [3.8, 4) is 0 Å². The molecule has 46 nitrogen and oxygen atoms in total. The molecule has 0 saturated heterocycles. The van der Waals surface area contributed by atoms with Crippen LogP contribution >= 0.6 is 12.6 Å². The molecule has 0 aliphatic carbocycles. The average molecular weight is 1740 g/mol. The first-order chi connectivity index (χ1) is 56.5. The Bertz CT molecular complexity index is 3780. The molecule has 1 rings (SSSR count). The first-order valence-corrected chi connectivity index (χ1v) is 39.6. The van der Waals surface area contributed by atoms with E-state index in [1.165, 1.54) is 13.8 Å². The summed E-state index contributed by atoms with van der Waals surface area (Å²) in [4.78, 5) is 280. The van der Waals surface area contributed by atoms with Crippen molar-refractivity contribution in [2.75, 3.05) is 12.3 Å². The molecule has 0 aliphatic heterocycles. The van der Waals surface area contributed by atoms with Crippen LogP contribution in [0.25, 0.3) is 0 Å². The molecule has 0 saturated carbocycles. The van der Waals surface area contributed by atoms with Crippen molar-refractivity contribution >= 4 is 137 Å². The van der Waals surface area contributed by atoms with Crippen LogP contribution in [0.2, 0.25) is 0 Å². The summed E-state index contributed by atoms with van der Waals surface area (Å²) in [5.74, 6) is -28.3. The summed E-state index contributed by atoms with van der Waals surface area (Å²) in [6.45, 7) is 12.9. The number of carbonyl (C=O) groups is 21. The number of thiol groups is 1. The van der Waals surface area contributed by atoms with E-state index in [-0.39, 0.29) is 51.5 Å². The summed E-state index contributed by atoms with van der Waals surface area (Å²) in [7, 11) is 0. The number of primary amides is 3. The van der Waals surface area contributed by atoms with E-state index in [0.29, 0.717) is 5.56 Å². The van der Waals surface area contributed by atoms with Gasteiger partial charge in [-0.05, 0) is 102 Å². The van der Waals surface area contributed by atoms with Crippen molar-refractivity contribution in [2.45, 2.75) is 268 Å². The van der Waals surface area contributed by atoms with Gasteiger partial charge in [0.1, 0.15) is 90.6 Å². The highest BCUT2D eigenvalue weighted by atomic mass is 32.1. The SMILES string of the molecule is CC[C@H](C)[C@H](NC(=O)[C@H](C)NC(=O)[C@H](CC(N)=O)NC(=O)[C@@H](NC(=O)[C@@H](N)[C@@H](C)O)[C@@H](C)O)C(=O)N[C@@H](CC(=O)O)C(=O)N[C@@H](CCC(=O)O)C(=O)N[C@@H](CC(C)C)C(=O)N[C@@H](CCCCN)C(=O)N[C@@H](CCC(=O)O)C(=O)N[C@@H](CS)C(=O)N[C@@H](Cc1ccccc1)C(=O)N[C@@H](CC(C)C)C(=O)N[C@@H](CC(N)=O)C(=O)N[C@@H](CCC(N)=O)C(=O)O.